The smallest absolute Gasteiger partial charge is 0.255 e. The summed E-state index contributed by atoms with van der Waals surface area (Å²) in [6.45, 7) is 1.87. The van der Waals surface area contributed by atoms with Crippen molar-refractivity contribution < 1.29 is 9.53 Å². The maximum Gasteiger partial charge on any atom is 0.255 e. The molecule has 1 N–H and O–H groups in total. The molecule has 0 radical (unpaired) electrons. The molecule has 0 aliphatic rings. The molecule has 0 aliphatic heterocycles. The number of methoxy groups -OCH3 is 1. The molecule has 2 aromatic carbocycles. The number of ether oxygens (including phenoxy) is 1. The van der Waals surface area contributed by atoms with Crippen LogP contribution in [0.4, 0.5) is 5.69 Å². The molecule has 0 aromatic heterocycles. The van der Waals surface area contributed by atoms with Crippen LogP contribution in [0.3, 0.4) is 0 Å². The van der Waals surface area contributed by atoms with Crippen molar-refractivity contribution in [3.63, 3.8) is 0 Å². The second kappa shape index (κ2) is 6.83. The Labute approximate surface area is 133 Å². The zero-order valence-electron chi connectivity index (χ0n) is 11.7. The summed E-state index contributed by atoms with van der Waals surface area (Å²) in [5.41, 5.74) is 2.97. The van der Waals surface area contributed by atoms with E-state index >= 15 is 0 Å². The first-order valence-corrected chi connectivity index (χ1v) is 7.26. The molecule has 110 valence electrons. The Morgan fingerprint density at radius 2 is 1.90 bits per heavy atom. The lowest BCUT2D eigenvalue weighted by Gasteiger charge is -2.12. The highest BCUT2D eigenvalue weighted by molar-refractivity contribution is 6.31. The molecule has 0 aliphatic carbocycles. The summed E-state index contributed by atoms with van der Waals surface area (Å²) in [6.07, 6.45) is 0. The van der Waals surface area contributed by atoms with E-state index in [9.17, 15) is 4.79 Å². The lowest BCUT2D eigenvalue weighted by Crippen LogP contribution is -2.12. The van der Waals surface area contributed by atoms with E-state index < -0.39 is 0 Å². The number of alkyl halides is 1. The van der Waals surface area contributed by atoms with E-state index in [2.05, 4.69) is 5.32 Å². The third-order valence-electron chi connectivity index (χ3n) is 3.10. The average molecular weight is 324 g/mol. The summed E-state index contributed by atoms with van der Waals surface area (Å²) >= 11 is 11.8. The largest absolute Gasteiger partial charge is 0.495 e. The van der Waals surface area contributed by atoms with E-state index in [1.165, 1.54) is 7.11 Å². The maximum absolute atomic E-state index is 12.2. The summed E-state index contributed by atoms with van der Waals surface area (Å²) < 4.78 is 5.24. The van der Waals surface area contributed by atoms with E-state index in [0.717, 1.165) is 11.1 Å². The number of carbonyl (C=O) groups excluding carboxylic acids is 1. The van der Waals surface area contributed by atoms with Gasteiger partial charge < -0.3 is 10.1 Å². The van der Waals surface area contributed by atoms with Crippen LogP contribution in [-0.4, -0.2) is 13.0 Å². The molecule has 0 heterocycles. The van der Waals surface area contributed by atoms with Gasteiger partial charge in [0, 0.05) is 22.5 Å². The van der Waals surface area contributed by atoms with Crippen LogP contribution in [0.1, 0.15) is 21.5 Å². The van der Waals surface area contributed by atoms with Crippen LogP contribution >= 0.6 is 23.2 Å². The van der Waals surface area contributed by atoms with Gasteiger partial charge in [0.25, 0.3) is 5.91 Å². The Morgan fingerprint density at radius 1 is 1.24 bits per heavy atom. The predicted molar refractivity (Wildman–Crippen MR) is 86.7 cm³/mol. The molecule has 3 nitrogen and oxygen atoms in total. The number of anilines is 1. The van der Waals surface area contributed by atoms with Gasteiger partial charge in [0.05, 0.1) is 12.8 Å². The Balaban J connectivity index is 2.24. The van der Waals surface area contributed by atoms with E-state index in [0.29, 0.717) is 27.9 Å². The summed E-state index contributed by atoms with van der Waals surface area (Å²) in [5, 5.41) is 3.42. The van der Waals surface area contributed by atoms with Gasteiger partial charge in [-0.05, 0) is 36.2 Å². The average Bonchev–Trinajstić information content (AvgIpc) is 2.50. The van der Waals surface area contributed by atoms with Crippen molar-refractivity contribution in [3.05, 3.63) is 58.1 Å². The Hall–Kier alpha value is -1.71. The summed E-state index contributed by atoms with van der Waals surface area (Å²) in [5.74, 6) is 0.735. The van der Waals surface area contributed by atoms with Gasteiger partial charge in [-0.3, -0.25) is 4.79 Å². The molecule has 2 rings (SSSR count). The highest BCUT2D eigenvalue weighted by atomic mass is 35.5. The molecule has 0 saturated carbocycles. The molecule has 0 atom stereocenters. The minimum absolute atomic E-state index is 0.212. The van der Waals surface area contributed by atoms with Crippen LogP contribution in [0.25, 0.3) is 0 Å². The van der Waals surface area contributed by atoms with Crippen molar-refractivity contribution in [1.82, 2.24) is 0 Å². The van der Waals surface area contributed by atoms with Crippen molar-refractivity contribution in [2.75, 3.05) is 12.4 Å². The van der Waals surface area contributed by atoms with Gasteiger partial charge in [-0.15, -0.1) is 11.6 Å². The highest BCUT2D eigenvalue weighted by Crippen LogP contribution is 2.31. The van der Waals surface area contributed by atoms with Crippen LogP contribution in [0, 0.1) is 6.92 Å². The van der Waals surface area contributed by atoms with Gasteiger partial charge in [-0.2, -0.15) is 0 Å². The summed E-state index contributed by atoms with van der Waals surface area (Å²) in [6, 6.07) is 10.6. The predicted octanol–water partition coefficient (Wildman–Crippen LogP) is 4.65. The molecule has 5 heteroatoms. The zero-order valence-corrected chi connectivity index (χ0v) is 13.3. The topological polar surface area (TPSA) is 38.3 Å². The van der Waals surface area contributed by atoms with Crippen molar-refractivity contribution in [1.29, 1.82) is 0 Å². The molecule has 1 amide bonds. The van der Waals surface area contributed by atoms with Gasteiger partial charge in [-0.1, -0.05) is 23.7 Å². The Bertz CT molecular complexity index is 654. The normalized spacial score (nSPS) is 10.3. The second-order valence-corrected chi connectivity index (χ2v) is 5.26. The number of halogens is 2. The second-order valence-electron chi connectivity index (χ2n) is 4.59. The van der Waals surface area contributed by atoms with Crippen LogP contribution in [0.2, 0.25) is 5.02 Å². The zero-order chi connectivity index (χ0) is 15.4. The molecule has 0 spiro atoms. The van der Waals surface area contributed by atoms with Gasteiger partial charge in [0.2, 0.25) is 0 Å². The lowest BCUT2D eigenvalue weighted by atomic mass is 10.1. The molecule has 2 aromatic rings. The lowest BCUT2D eigenvalue weighted by molar-refractivity contribution is 0.102. The third-order valence-corrected chi connectivity index (χ3v) is 3.82. The van der Waals surface area contributed by atoms with Gasteiger partial charge >= 0.3 is 0 Å². The maximum atomic E-state index is 12.2. The van der Waals surface area contributed by atoms with Crippen LogP contribution in [0.5, 0.6) is 5.75 Å². The minimum Gasteiger partial charge on any atom is -0.495 e. The number of amides is 1. The van der Waals surface area contributed by atoms with Crippen molar-refractivity contribution in [3.8, 4) is 5.75 Å². The number of aryl methyl sites for hydroxylation is 1. The molecular formula is C16H15Cl2NO2. The number of rotatable bonds is 4. The Kier molecular flexibility index (Phi) is 5.10. The number of benzene rings is 2. The van der Waals surface area contributed by atoms with Crippen LogP contribution < -0.4 is 10.1 Å². The van der Waals surface area contributed by atoms with Crippen LogP contribution in [-0.2, 0) is 5.88 Å². The van der Waals surface area contributed by atoms with Crippen LogP contribution in [0.15, 0.2) is 36.4 Å². The number of hydrogen-bond acceptors (Lipinski definition) is 2. The van der Waals surface area contributed by atoms with E-state index in [4.69, 9.17) is 27.9 Å². The quantitative estimate of drug-likeness (QED) is 0.832. The fourth-order valence-electron chi connectivity index (χ4n) is 1.87. The molecule has 0 saturated heterocycles. The molecule has 21 heavy (non-hydrogen) atoms. The van der Waals surface area contributed by atoms with E-state index in [-0.39, 0.29) is 5.91 Å². The summed E-state index contributed by atoms with van der Waals surface area (Å²) in [7, 11) is 1.53. The molecule has 0 unspecified atom stereocenters. The molecule has 0 fully saturated rings. The standard InChI is InChI=1S/C16H15Cl2NO2/c1-10-7-14(15(21-2)8-13(10)18)19-16(20)12-5-3-11(9-17)4-6-12/h3-8H,9H2,1-2H3,(H,19,20). The third kappa shape index (κ3) is 3.69. The molecule has 0 bridgehead atoms. The number of carbonyl (C=O) groups is 1. The first-order chi connectivity index (χ1) is 10.0. The van der Waals surface area contributed by atoms with E-state index in [1.807, 2.05) is 19.1 Å². The first kappa shape index (κ1) is 15.7. The van der Waals surface area contributed by atoms with E-state index in [1.54, 1.807) is 24.3 Å². The fraction of sp³-hybridized carbons (Fsp3) is 0.188. The molecular weight excluding hydrogens is 309 g/mol. The number of hydrogen-bond donors (Lipinski definition) is 1. The monoisotopic (exact) mass is 323 g/mol. The number of nitrogens with one attached hydrogen (secondary N) is 1. The highest BCUT2D eigenvalue weighted by Gasteiger charge is 2.11. The van der Waals surface area contributed by atoms with Crippen molar-refractivity contribution >= 4 is 34.8 Å². The van der Waals surface area contributed by atoms with Gasteiger partial charge in [-0.25, -0.2) is 0 Å². The summed E-state index contributed by atoms with van der Waals surface area (Å²) in [4.78, 5) is 12.2. The Morgan fingerprint density at radius 3 is 2.48 bits per heavy atom. The minimum atomic E-state index is -0.212. The fourth-order valence-corrected chi connectivity index (χ4v) is 2.20. The van der Waals surface area contributed by atoms with Gasteiger partial charge in [0.15, 0.2) is 0 Å². The van der Waals surface area contributed by atoms with Crippen molar-refractivity contribution in [2.45, 2.75) is 12.8 Å². The van der Waals surface area contributed by atoms with Crippen molar-refractivity contribution in [2.24, 2.45) is 0 Å². The SMILES string of the molecule is COc1cc(Cl)c(C)cc1NC(=O)c1ccc(CCl)cc1. The van der Waals surface area contributed by atoms with Gasteiger partial charge in [0.1, 0.15) is 5.75 Å². The first-order valence-electron chi connectivity index (χ1n) is 6.35.